The zero-order valence-electron chi connectivity index (χ0n) is 11.3. The molecule has 0 radical (unpaired) electrons. The van der Waals surface area contributed by atoms with Crippen molar-refractivity contribution >= 4 is 0 Å². The van der Waals surface area contributed by atoms with E-state index >= 15 is 0 Å². The van der Waals surface area contributed by atoms with Gasteiger partial charge in [-0.25, -0.2) is 0 Å². The molecule has 4 nitrogen and oxygen atoms in total. The maximum Gasteiger partial charge on any atom is 0.0622 e. The summed E-state index contributed by atoms with van der Waals surface area (Å²) in [5, 5.41) is 7.81. The van der Waals surface area contributed by atoms with Gasteiger partial charge in [0.25, 0.3) is 0 Å². The molecule has 1 unspecified atom stereocenters. The lowest BCUT2D eigenvalue weighted by atomic mass is 10.1. The third-order valence-corrected chi connectivity index (χ3v) is 2.70. The minimum atomic E-state index is 0.393. The highest BCUT2D eigenvalue weighted by atomic mass is 16.5. The number of aromatic nitrogens is 2. The Balaban J connectivity index is 2.45. The summed E-state index contributed by atoms with van der Waals surface area (Å²) in [6.07, 6.45) is 6.21. The summed E-state index contributed by atoms with van der Waals surface area (Å²) < 4.78 is 7.47. The minimum absolute atomic E-state index is 0.393. The van der Waals surface area contributed by atoms with Crippen molar-refractivity contribution in [1.82, 2.24) is 15.1 Å². The molecule has 0 aliphatic rings. The largest absolute Gasteiger partial charge is 0.380 e. The van der Waals surface area contributed by atoms with E-state index in [0.717, 1.165) is 39.1 Å². The lowest BCUT2D eigenvalue weighted by molar-refractivity contribution is 0.122. The highest BCUT2D eigenvalue weighted by molar-refractivity contribution is 5.06. The molecule has 1 aromatic heterocycles. The van der Waals surface area contributed by atoms with E-state index in [9.17, 15) is 0 Å². The predicted octanol–water partition coefficient (Wildman–Crippen LogP) is 1.85. The van der Waals surface area contributed by atoms with E-state index in [4.69, 9.17) is 4.74 Å². The number of rotatable bonds is 9. The molecule has 0 amide bonds. The molecule has 1 rings (SSSR count). The number of nitrogens with zero attached hydrogens (tertiary/aromatic N) is 2. The van der Waals surface area contributed by atoms with Gasteiger partial charge >= 0.3 is 0 Å². The van der Waals surface area contributed by atoms with Crippen molar-refractivity contribution in [1.29, 1.82) is 0 Å². The first kappa shape index (κ1) is 14.2. The quantitative estimate of drug-likeness (QED) is 0.715. The van der Waals surface area contributed by atoms with Crippen molar-refractivity contribution in [3.63, 3.8) is 0 Å². The van der Waals surface area contributed by atoms with Crippen LogP contribution >= 0.6 is 0 Å². The normalized spacial score (nSPS) is 12.9. The van der Waals surface area contributed by atoms with E-state index in [2.05, 4.69) is 30.5 Å². The lowest BCUT2D eigenvalue weighted by Gasteiger charge is -2.17. The van der Waals surface area contributed by atoms with Crippen LogP contribution < -0.4 is 5.32 Å². The number of nitrogens with one attached hydrogen (secondary N) is 1. The molecule has 98 valence electrons. The highest BCUT2D eigenvalue weighted by Crippen LogP contribution is 2.03. The van der Waals surface area contributed by atoms with Gasteiger partial charge in [0, 0.05) is 25.4 Å². The van der Waals surface area contributed by atoms with Crippen molar-refractivity contribution in [2.24, 2.45) is 0 Å². The summed E-state index contributed by atoms with van der Waals surface area (Å²) >= 11 is 0. The first-order chi connectivity index (χ1) is 8.30. The summed E-state index contributed by atoms with van der Waals surface area (Å²) in [6, 6.07) is 0.393. The minimum Gasteiger partial charge on any atom is -0.380 e. The van der Waals surface area contributed by atoms with Crippen LogP contribution in [0.1, 0.15) is 32.8 Å². The molecule has 0 fully saturated rings. The fourth-order valence-corrected chi connectivity index (χ4v) is 1.77. The van der Waals surface area contributed by atoms with Crippen LogP contribution in [0.15, 0.2) is 12.4 Å². The number of hydrogen-bond acceptors (Lipinski definition) is 3. The molecule has 4 heteroatoms. The second kappa shape index (κ2) is 8.25. The topological polar surface area (TPSA) is 39.1 Å². The number of ether oxygens (including phenoxy) is 1. The van der Waals surface area contributed by atoms with E-state index in [1.54, 1.807) is 0 Å². The van der Waals surface area contributed by atoms with Crippen LogP contribution in [0.3, 0.4) is 0 Å². The summed E-state index contributed by atoms with van der Waals surface area (Å²) in [7, 11) is 0. The van der Waals surface area contributed by atoms with Crippen molar-refractivity contribution < 1.29 is 4.74 Å². The van der Waals surface area contributed by atoms with Crippen molar-refractivity contribution in [2.45, 2.75) is 46.2 Å². The summed E-state index contributed by atoms with van der Waals surface area (Å²) in [4.78, 5) is 0. The third kappa shape index (κ3) is 5.33. The Morgan fingerprint density at radius 2 is 2.24 bits per heavy atom. The maximum atomic E-state index is 5.51. The monoisotopic (exact) mass is 239 g/mol. The van der Waals surface area contributed by atoms with E-state index in [1.807, 2.05) is 17.8 Å². The summed E-state index contributed by atoms with van der Waals surface area (Å²) in [6.45, 7) is 9.83. The van der Waals surface area contributed by atoms with E-state index in [1.165, 1.54) is 5.56 Å². The molecule has 1 aromatic rings. The SMILES string of the molecule is CCCNC(COCC)Cc1cnn(CC)c1. The standard InChI is InChI=1S/C13H25N3O/c1-4-7-14-13(11-17-6-3)8-12-9-15-16(5-2)10-12/h9-10,13-14H,4-8,11H2,1-3H3. The smallest absolute Gasteiger partial charge is 0.0622 e. The van der Waals surface area contributed by atoms with Gasteiger partial charge in [-0.3, -0.25) is 4.68 Å². The van der Waals surface area contributed by atoms with Gasteiger partial charge < -0.3 is 10.1 Å². The van der Waals surface area contributed by atoms with Crippen LogP contribution in [0, 0.1) is 0 Å². The molecule has 0 spiro atoms. The van der Waals surface area contributed by atoms with Crippen LogP contribution in [0.5, 0.6) is 0 Å². The van der Waals surface area contributed by atoms with Gasteiger partial charge in [-0.15, -0.1) is 0 Å². The van der Waals surface area contributed by atoms with Crippen LogP contribution in [-0.2, 0) is 17.7 Å². The lowest BCUT2D eigenvalue weighted by Crippen LogP contribution is -2.36. The molecule has 0 aliphatic heterocycles. The number of aryl methyl sites for hydroxylation is 1. The molecule has 1 atom stereocenters. The second-order valence-corrected chi connectivity index (χ2v) is 4.22. The molecular weight excluding hydrogens is 214 g/mol. The fraction of sp³-hybridized carbons (Fsp3) is 0.769. The Hall–Kier alpha value is -0.870. The molecule has 17 heavy (non-hydrogen) atoms. The van der Waals surface area contributed by atoms with Gasteiger partial charge in [-0.1, -0.05) is 6.92 Å². The Morgan fingerprint density at radius 1 is 1.41 bits per heavy atom. The van der Waals surface area contributed by atoms with Crippen molar-refractivity contribution in [3.05, 3.63) is 18.0 Å². The molecule has 0 saturated heterocycles. The Labute approximate surface area is 104 Å². The average molecular weight is 239 g/mol. The first-order valence-corrected chi connectivity index (χ1v) is 6.62. The molecular formula is C13H25N3O. The third-order valence-electron chi connectivity index (χ3n) is 2.70. The summed E-state index contributed by atoms with van der Waals surface area (Å²) in [5.74, 6) is 0. The van der Waals surface area contributed by atoms with E-state index < -0.39 is 0 Å². The van der Waals surface area contributed by atoms with E-state index in [0.29, 0.717) is 6.04 Å². The van der Waals surface area contributed by atoms with Crippen LogP contribution in [0.2, 0.25) is 0 Å². The molecule has 1 heterocycles. The molecule has 0 saturated carbocycles. The van der Waals surface area contributed by atoms with E-state index in [-0.39, 0.29) is 0 Å². The van der Waals surface area contributed by atoms with Crippen LogP contribution in [0.4, 0.5) is 0 Å². The van der Waals surface area contributed by atoms with Gasteiger partial charge in [0.05, 0.1) is 12.8 Å². The molecule has 0 bridgehead atoms. The van der Waals surface area contributed by atoms with Crippen molar-refractivity contribution in [3.8, 4) is 0 Å². The van der Waals surface area contributed by atoms with Gasteiger partial charge in [0.2, 0.25) is 0 Å². The average Bonchev–Trinajstić information content (AvgIpc) is 2.80. The molecule has 1 N–H and O–H groups in total. The Bertz CT molecular complexity index is 291. The molecule has 0 aromatic carbocycles. The van der Waals surface area contributed by atoms with Crippen molar-refractivity contribution in [2.75, 3.05) is 19.8 Å². The predicted molar refractivity (Wildman–Crippen MR) is 70.2 cm³/mol. The Kier molecular flexibility index (Phi) is 6.89. The maximum absolute atomic E-state index is 5.51. The number of hydrogen-bond donors (Lipinski definition) is 1. The van der Waals surface area contributed by atoms with Crippen LogP contribution in [0.25, 0.3) is 0 Å². The van der Waals surface area contributed by atoms with Crippen LogP contribution in [-0.4, -0.2) is 35.6 Å². The Morgan fingerprint density at radius 3 is 2.82 bits per heavy atom. The van der Waals surface area contributed by atoms with Gasteiger partial charge in [0.1, 0.15) is 0 Å². The fourth-order valence-electron chi connectivity index (χ4n) is 1.77. The second-order valence-electron chi connectivity index (χ2n) is 4.22. The first-order valence-electron chi connectivity index (χ1n) is 6.62. The highest BCUT2D eigenvalue weighted by Gasteiger charge is 2.10. The molecule has 0 aliphatic carbocycles. The zero-order chi connectivity index (χ0) is 12.5. The summed E-state index contributed by atoms with van der Waals surface area (Å²) in [5.41, 5.74) is 1.28. The van der Waals surface area contributed by atoms with Gasteiger partial charge in [-0.2, -0.15) is 5.10 Å². The van der Waals surface area contributed by atoms with Gasteiger partial charge in [-0.05, 0) is 38.8 Å². The zero-order valence-corrected chi connectivity index (χ0v) is 11.3. The van der Waals surface area contributed by atoms with Gasteiger partial charge in [0.15, 0.2) is 0 Å².